The summed E-state index contributed by atoms with van der Waals surface area (Å²) in [5, 5.41) is 12.6. The Labute approximate surface area is 219 Å². The molecule has 1 aliphatic heterocycles. The lowest BCUT2D eigenvalue weighted by Gasteiger charge is -2.39. The lowest BCUT2D eigenvalue weighted by atomic mass is 9.91. The summed E-state index contributed by atoms with van der Waals surface area (Å²) in [6.07, 6.45) is 3.25. The lowest BCUT2D eigenvalue weighted by Crippen LogP contribution is -2.48. The topological polar surface area (TPSA) is 108 Å². The number of nitrogens with zero attached hydrogens (tertiary/aromatic N) is 7. The first kappa shape index (κ1) is 27.3. The summed E-state index contributed by atoms with van der Waals surface area (Å²) in [6, 6.07) is 5.25. The van der Waals surface area contributed by atoms with Crippen LogP contribution in [-0.2, 0) is 36.0 Å². The monoisotopic (exact) mass is 529 g/mol. The number of aromatic nitrogens is 6. The minimum absolute atomic E-state index is 0.0601. The van der Waals surface area contributed by atoms with Crippen LogP contribution in [0.15, 0.2) is 29.2 Å². The van der Waals surface area contributed by atoms with E-state index in [4.69, 9.17) is 0 Å². The molecule has 204 valence electrons. The number of esters is 1. The Morgan fingerprint density at radius 2 is 2.03 bits per heavy atom. The second-order valence-corrected chi connectivity index (χ2v) is 9.78. The van der Waals surface area contributed by atoms with Crippen molar-refractivity contribution in [3.63, 3.8) is 0 Å². The number of rotatable bonds is 9. The van der Waals surface area contributed by atoms with Crippen LogP contribution in [0.25, 0.3) is 11.4 Å². The van der Waals surface area contributed by atoms with Crippen LogP contribution < -0.4 is 10.5 Å². The number of ether oxygens (including phenoxy) is 1. The quantitative estimate of drug-likeness (QED) is 0.390. The fourth-order valence-electron chi connectivity index (χ4n) is 5.05. The molecule has 0 aromatic carbocycles. The molecule has 10 nitrogen and oxygen atoms in total. The fourth-order valence-corrected chi connectivity index (χ4v) is 5.05. The van der Waals surface area contributed by atoms with Crippen molar-refractivity contribution in [1.82, 2.24) is 29.8 Å². The SMILES string of the molecule is CCCc1ccnn(CCc2c(-c3ccc(N4C[C@@H](CC(=O)OC)CC(F)(F)C4)c(C)n3)nnn2C)c1=O. The summed E-state index contributed by atoms with van der Waals surface area (Å²) < 4.78 is 36.8. The van der Waals surface area contributed by atoms with Gasteiger partial charge in [-0.15, -0.1) is 5.10 Å². The van der Waals surface area contributed by atoms with Gasteiger partial charge >= 0.3 is 5.97 Å². The maximum atomic E-state index is 14.5. The number of pyridine rings is 1. The van der Waals surface area contributed by atoms with E-state index in [9.17, 15) is 18.4 Å². The van der Waals surface area contributed by atoms with Crippen molar-refractivity contribution >= 4 is 11.7 Å². The Morgan fingerprint density at radius 1 is 1.24 bits per heavy atom. The molecule has 3 aromatic rings. The summed E-state index contributed by atoms with van der Waals surface area (Å²) in [6.45, 7) is 4.00. The van der Waals surface area contributed by atoms with E-state index in [0.29, 0.717) is 48.7 Å². The van der Waals surface area contributed by atoms with E-state index in [1.807, 2.05) is 6.92 Å². The first-order valence-electron chi connectivity index (χ1n) is 12.7. The number of methoxy groups -OCH3 is 1. The van der Waals surface area contributed by atoms with Gasteiger partial charge in [0.25, 0.3) is 11.5 Å². The highest BCUT2D eigenvalue weighted by molar-refractivity contribution is 5.69. The van der Waals surface area contributed by atoms with Crippen LogP contribution in [0.5, 0.6) is 0 Å². The Hall–Kier alpha value is -3.70. The van der Waals surface area contributed by atoms with Crippen LogP contribution in [0.3, 0.4) is 0 Å². The number of halogens is 2. The third-order valence-electron chi connectivity index (χ3n) is 6.83. The molecule has 1 saturated heterocycles. The largest absolute Gasteiger partial charge is 0.469 e. The van der Waals surface area contributed by atoms with Gasteiger partial charge in [0.05, 0.1) is 49.4 Å². The lowest BCUT2D eigenvalue weighted by molar-refractivity contribution is -0.142. The average Bonchev–Trinajstić information content (AvgIpc) is 3.23. The van der Waals surface area contributed by atoms with Gasteiger partial charge in [-0.2, -0.15) is 5.10 Å². The molecule has 0 bridgehead atoms. The number of piperidine rings is 1. The van der Waals surface area contributed by atoms with Crippen LogP contribution in [0.4, 0.5) is 14.5 Å². The third kappa shape index (κ3) is 6.05. The Kier molecular flexibility index (Phi) is 8.17. The number of anilines is 1. The highest BCUT2D eigenvalue weighted by Gasteiger charge is 2.41. The fraction of sp³-hybridized carbons (Fsp3) is 0.538. The van der Waals surface area contributed by atoms with E-state index in [-0.39, 0.29) is 18.4 Å². The van der Waals surface area contributed by atoms with Gasteiger partial charge in [0.15, 0.2) is 0 Å². The van der Waals surface area contributed by atoms with Gasteiger partial charge in [-0.3, -0.25) is 14.3 Å². The number of hydrogen-bond donors (Lipinski definition) is 0. The summed E-state index contributed by atoms with van der Waals surface area (Å²) in [5.41, 5.74) is 3.68. The Balaban J connectivity index is 1.55. The number of carbonyl (C=O) groups excluding carboxylic acids is 1. The highest BCUT2D eigenvalue weighted by Crippen LogP contribution is 2.36. The van der Waals surface area contributed by atoms with Crippen LogP contribution in [0.1, 0.15) is 43.1 Å². The molecule has 0 saturated carbocycles. The maximum Gasteiger partial charge on any atom is 0.305 e. The van der Waals surface area contributed by atoms with Crippen molar-refractivity contribution in [2.45, 2.75) is 58.4 Å². The highest BCUT2D eigenvalue weighted by atomic mass is 19.3. The molecule has 0 unspecified atom stereocenters. The number of aryl methyl sites for hydroxylation is 4. The van der Waals surface area contributed by atoms with E-state index >= 15 is 0 Å². The molecule has 12 heteroatoms. The molecule has 1 fully saturated rings. The standard InChI is InChI=1S/C26H33F2N7O3/c1-5-6-19-9-11-29-35(25(19)37)12-10-22-24(31-32-33(22)3)20-7-8-21(17(2)30-20)34-15-18(13-23(36)38-4)14-26(27,28)16-34/h7-9,11,18H,5-6,10,12-16H2,1-4H3/t18-/m0/s1. The van der Waals surface area contributed by atoms with Crippen molar-refractivity contribution in [3.8, 4) is 11.4 Å². The molecule has 0 spiro atoms. The first-order chi connectivity index (χ1) is 18.1. The molecular weight excluding hydrogens is 496 g/mol. The smallest absolute Gasteiger partial charge is 0.305 e. The molecule has 0 N–H and O–H groups in total. The molecular formula is C26H33F2N7O3. The minimum atomic E-state index is -2.93. The van der Waals surface area contributed by atoms with Gasteiger partial charge < -0.3 is 9.64 Å². The van der Waals surface area contributed by atoms with E-state index in [2.05, 4.69) is 25.1 Å². The van der Waals surface area contributed by atoms with Crippen molar-refractivity contribution in [2.24, 2.45) is 13.0 Å². The van der Waals surface area contributed by atoms with E-state index in [0.717, 1.165) is 17.7 Å². The first-order valence-corrected chi connectivity index (χ1v) is 12.7. The second-order valence-electron chi connectivity index (χ2n) is 9.78. The molecule has 4 heterocycles. The minimum Gasteiger partial charge on any atom is -0.469 e. The molecule has 3 aromatic heterocycles. The van der Waals surface area contributed by atoms with Crippen molar-refractivity contribution in [2.75, 3.05) is 25.1 Å². The Bertz CT molecular complexity index is 1350. The number of carbonyl (C=O) groups is 1. The van der Waals surface area contributed by atoms with Gasteiger partial charge in [0, 0.05) is 38.2 Å². The molecule has 4 rings (SSSR count). The van der Waals surface area contributed by atoms with E-state index in [1.54, 1.807) is 47.9 Å². The predicted octanol–water partition coefficient (Wildman–Crippen LogP) is 2.96. The average molecular weight is 530 g/mol. The molecule has 1 aliphatic rings. The van der Waals surface area contributed by atoms with Gasteiger partial charge in [0.1, 0.15) is 5.69 Å². The van der Waals surface area contributed by atoms with Crippen LogP contribution in [0, 0.1) is 12.8 Å². The third-order valence-corrected chi connectivity index (χ3v) is 6.83. The molecule has 38 heavy (non-hydrogen) atoms. The van der Waals surface area contributed by atoms with Crippen LogP contribution >= 0.6 is 0 Å². The Morgan fingerprint density at radius 3 is 2.74 bits per heavy atom. The van der Waals surface area contributed by atoms with Gasteiger partial charge in [-0.1, -0.05) is 18.6 Å². The van der Waals surface area contributed by atoms with Crippen molar-refractivity contribution < 1.29 is 18.3 Å². The molecule has 0 radical (unpaired) electrons. The summed E-state index contributed by atoms with van der Waals surface area (Å²) in [7, 11) is 3.03. The molecule has 0 amide bonds. The number of alkyl halides is 2. The second kappa shape index (κ2) is 11.4. The van der Waals surface area contributed by atoms with Crippen LogP contribution in [0.2, 0.25) is 0 Å². The molecule has 1 atom stereocenters. The zero-order chi connectivity index (χ0) is 27.4. The zero-order valence-corrected chi connectivity index (χ0v) is 22.2. The predicted molar refractivity (Wildman–Crippen MR) is 137 cm³/mol. The van der Waals surface area contributed by atoms with Gasteiger partial charge in [-0.25, -0.2) is 18.4 Å². The summed E-state index contributed by atoms with van der Waals surface area (Å²) in [4.78, 5) is 30.7. The maximum absolute atomic E-state index is 14.5. The molecule has 0 aliphatic carbocycles. The summed E-state index contributed by atoms with van der Waals surface area (Å²) >= 11 is 0. The van der Waals surface area contributed by atoms with Crippen LogP contribution in [-0.4, -0.2) is 61.8 Å². The van der Waals surface area contributed by atoms with Crippen molar-refractivity contribution in [1.29, 1.82) is 0 Å². The summed E-state index contributed by atoms with van der Waals surface area (Å²) in [5.74, 6) is -3.95. The van der Waals surface area contributed by atoms with E-state index in [1.165, 1.54) is 11.8 Å². The number of hydrogen-bond acceptors (Lipinski definition) is 8. The van der Waals surface area contributed by atoms with Gasteiger partial charge in [-0.05, 0) is 37.5 Å². The van der Waals surface area contributed by atoms with Gasteiger partial charge in [0.2, 0.25) is 0 Å². The van der Waals surface area contributed by atoms with Crippen molar-refractivity contribution in [3.05, 3.63) is 51.7 Å². The zero-order valence-electron chi connectivity index (χ0n) is 22.2. The normalized spacial score (nSPS) is 17.0. The van der Waals surface area contributed by atoms with E-state index < -0.39 is 24.4 Å².